The van der Waals surface area contributed by atoms with Crippen LogP contribution < -0.4 is 5.73 Å². The maximum atomic E-state index is 6.28. The molecule has 1 atom stereocenters. The molecule has 1 spiro atoms. The van der Waals surface area contributed by atoms with Gasteiger partial charge >= 0.3 is 0 Å². The van der Waals surface area contributed by atoms with Crippen LogP contribution >= 0.6 is 11.3 Å². The molecular formula is C15H24N2S. The Morgan fingerprint density at radius 3 is 2.56 bits per heavy atom. The highest BCUT2D eigenvalue weighted by atomic mass is 32.1. The van der Waals surface area contributed by atoms with E-state index in [-0.39, 0.29) is 6.04 Å². The summed E-state index contributed by atoms with van der Waals surface area (Å²) < 4.78 is 0. The molecule has 1 unspecified atom stereocenters. The summed E-state index contributed by atoms with van der Waals surface area (Å²) in [6.07, 6.45) is 8.72. The Morgan fingerprint density at radius 1 is 1.22 bits per heavy atom. The molecule has 0 aromatic carbocycles. The summed E-state index contributed by atoms with van der Waals surface area (Å²) in [6.45, 7) is 3.56. The lowest BCUT2D eigenvalue weighted by atomic mass is 9.77. The predicted octanol–water partition coefficient (Wildman–Crippen LogP) is 3.40. The van der Waals surface area contributed by atoms with Gasteiger partial charge in [0.15, 0.2) is 0 Å². The first kappa shape index (κ1) is 12.6. The fraction of sp³-hybridized carbons (Fsp3) is 0.733. The molecule has 100 valence electrons. The quantitative estimate of drug-likeness (QED) is 0.906. The molecule has 1 saturated carbocycles. The van der Waals surface area contributed by atoms with Crippen LogP contribution in [0.1, 0.15) is 49.4 Å². The molecular weight excluding hydrogens is 240 g/mol. The third-order valence-corrected chi connectivity index (χ3v) is 5.95. The predicted molar refractivity (Wildman–Crippen MR) is 77.8 cm³/mol. The van der Waals surface area contributed by atoms with Gasteiger partial charge in [-0.3, -0.25) is 0 Å². The number of nitrogens with two attached hydrogens (primary N) is 1. The Morgan fingerprint density at radius 2 is 1.94 bits per heavy atom. The average Bonchev–Trinajstić information content (AvgIpc) is 3.04. The number of hydrogen-bond donors (Lipinski definition) is 1. The standard InChI is InChI=1S/C15H24N2S/c16-13(14-4-3-11-18-14)12-17-9-7-15(8-10-17)5-1-2-6-15/h3-4,11,13H,1-2,5-10,12,16H2. The summed E-state index contributed by atoms with van der Waals surface area (Å²) in [6, 6.07) is 4.48. The molecule has 1 aromatic rings. The molecule has 1 aliphatic heterocycles. The molecule has 2 nitrogen and oxygen atoms in total. The lowest BCUT2D eigenvalue weighted by Gasteiger charge is -2.40. The summed E-state index contributed by atoms with van der Waals surface area (Å²) in [5, 5.41) is 2.12. The van der Waals surface area contributed by atoms with Crippen LogP contribution in [-0.4, -0.2) is 24.5 Å². The Labute approximate surface area is 114 Å². The molecule has 18 heavy (non-hydrogen) atoms. The van der Waals surface area contributed by atoms with Gasteiger partial charge in [-0.2, -0.15) is 0 Å². The van der Waals surface area contributed by atoms with E-state index in [2.05, 4.69) is 22.4 Å². The monoisotopic (exact) mass is 264 g/mol. The van der Waals surface area contributed by atoms with Crippen molar-refractivity contribution in [1.29, 1.82) is 0 Å². The third-order valence-electron chi connectivity index (χ3n) is 4.94. The van der Waals surface area contributed by atoms with Crippen molar-refractivity contribution in [2.45, 2.75) is 44.6 Å². The van der Waals surface area contributed by atoms with E-state index in [0.29, 0.717) is 0 Å². The second-order valence-electron chi connectivity index (χ2n) is 6.13. The zero-order valence-corrected chi connectivity index (χ0v) is 11.9. The van der Waals surface area contributed by atoms with Gasteiger partial charge in [-0.15, -0.1) is 11.3 Å². The van der Waals surface area contributed by atoms with Gasteiger partial charge in [0.05, 0.1) is 6.04 Å². The molecule has 2 aliphatic rings. The fourth-order valence-corrected chi connectivity index (χ4v) is 4.43. The molecule has 0 radical (unpaired) electrons. The third kappa shape index (κ3) is 2.63. The van der Waals surface area contributed by atoms with E-state index in [1.165, 1.54) is 56.5 Å². The van der Waals surface area contributed by atoms with E-state index in [1.807, 2.05) is 0 Å². The van der Waals surface area contributed by atoms with Crippen molar-refractivity contribution in [3.8, 4) is 0 Å². The van der Waals surface area contributed by atoms with Crippen LogP contribution in [0.3, 0.4) is 0 Å². The van der Waals surface area contributed by atoms with Crippen LogP contribution in [0, 0.1) is 5.41 Å². The van der Waals surface area contributed by atoms with Crippen molar-refractivity contribution in [2.75, 3.05) is 19.6 Å². The van der Waals surface area contributed by atoms with E-state index in [9.17, 15) is 0 Å². The molecule has 1 saturated heterocycles. The zero-order chi connectivity index (χ0) is 12.4. The van der Waals surface area contributed by atoms with Crippen LogP contribution in [0.4, 0.5) is 0 Å². The zero-order valence-electron chi connectivity index (χ0n) is 11.1. The van der Waals surface area contributed by atoms with Crippen molar-refractivity contribution in [2.24, 2.45) is 11.1 Å². The average molecular weight is 264 g/mol. The highest BCUT2D eigenvalue weighted by Gasteiger charge is 2.36. The minimum absolute atomic E-state index is 0.211. The molecule has 2 heterocycles. The van der Waals surface area contributed by atoms with E-state index >= 15 is 0 Å². The van der Waals surface area contributed by atoms with Crippen LogP contribution in [0.2, 0.25) is 0 Å². The van der Waals surface area contributed by atoms with Gasteiger partial charge in [0.1, 0.15) is 0 Å². The highest BCUT2D eigenvalue weighted by molar-refractivity contribution is 7.10. The van der Waals surface area contributed by atoms with E-state index in [4.69, 9.17) is 5.73 Å². The lowest BCUT2D eigenvalue weighted by Crippen LogP contribution is -2.41. The molecule has 3 heteroatoms. The van der Waals surface area contributed by atoms with Crippen LogP contribution in [-0.2, 0) is 0 Å². The van der Waals surface area contributed by atoms with Crippen molar-refractivity contribution < 1.29 is 0 Å². The van der Waals surface area contributed by atoms with Crippen molar-refractivity contribution in [3.05, 3.63) is 22.4 Å². The fourth-order valence-electron chi connectivity index (χ4n) is 3.71. The largest absolute Gasteiger partial charge is 0.322 e. The maximum absolute atomic E-state index is 6.28. The summed E-state index contributed by atoms with van der Waals surface area (Å²) in [7, 11) is 0. The minimum atomic E-state index is 0.211. The Bertz CT molecular complexity index is 358. The summed E-state index contributed by atoms with van der Waals surface area (Å²) in [4.78, 5) is 3.91. The Balaban J connectivity index is 1.51. The number of likely N-dealkylation sites (tertiary alicyclic amines) is 1. The molecule has 0 bridgehead atoms. The smallest absolute Gasteiger partial charge is 0.0519 e. The normalized spacial score (nSPS) is 25.6. The molecule has 1 aromatic heterocycles. The van der Waals surface area contributed by atoms with E-state index < -0.39 is 0 Å². The van der Waals surface area contributed by atoms with Gasteiger partial charge in [0, 0.05) is 11.4 Å². The molecule has 3 rings (SSSR count). The number of piperidine rings is 1. The maximum Gasteiger partial charge on any atom is 0.0519 e. The van der Waals surface area contributed by atoms with E-state index in [1.54, 1.807) is 11.3 Å². The second kappa shape index (κ2) is 5.32. The number of nitrogens with zero attached hydrogens (tertiary/aromatic N) is 1. The Kier molecular flexibility index (Phi) is 3.73. The van der Waals surface area contributed by atoms with Crippen molar-refractivity contribution in [3.63, 3.8) is 0 Å². The van der Waals surface area contributed by atoms with Crippen LogP contribution in [0.5, 0.6) is 0 Å². The molecule has 2 fully saturated rings. The number of hydrogen-bond acceptors (Lipinski definition) is 3. The second-order valence-corrected chi connectivity index (χ2v) is 7.11. The summed E-state index contributed by atoms with van der Waals surface area (Å²) >= 11 is 1.79. The first-order valence-corrected chi connectivity index (χ1v) is 8.17. The lowest BCUT2D eigenvalue weighted by molar-refractivity contribution is 0.104. The summed E-state index contributed by atoms with van der Waals surface area (Å²) in [5.41, 5.74) is 7.01. The highest BCUT2D eigenvalue weighted by Crippen LogP contribution is 2.46. The SMILES string of the molecule is NC(CN1CCC2(CCCC2)CC1)c1cccs1. The van der Waals surface area contributed by atoms with Crippen molar-refractivity contribution >= 4 is 11.3 Å². The number of thiophene rings is 1. The molecule has 2 N–H and O–H groups in total. The Hall–Kier alpha value is -0.380. The van der Waals surface area contributed by atoms with Gasteiger partial charge in [0.25, 0.3) is 0 Å². The summed E-state index contributed by atoms with van der Waals surface area (Å²) in [5.74, 6) is 0. The van der Waals surface area contributed by atoms with Gasteiger partial charge in [-0.05, 0) is 55.6 Å². The topological polar surface area (TPSA) is 29.3 Å². The van der Waals surface area contributed by atoms with Crippen molar-refractivity contribution in [1.82, 2.24) is 4.90 Å². The van der Waals surface area contributed by atoms with Gasteiger partial charge in [0.2, 0.25) is 0 Å². The van der Waals surface area contributed by atoms with Gasteiger partial charge in [-0.25, -0.2) is 0 Å². The first-order valence-electron chi connectivity index (χ1n) is 7.29. The molecule has 0 amide bonds. The van der Waals surface area contributed by atoms with Crippen LogP contribution in [0.15, 0.2) is 17.5 Å². The minimum Gasteiger partial charge on any atom is -0.322 e. The number of rotatable bonds is 3. The van der Waals surface area contributed by atoms with E-state index in [0.717, 1.165) is 12.0 Å². The van der Waals surface area contributed by atoms with Gasteiger partial charge < -0.3 is 10.6 Å². The first-order chi connectivity index (χ1) is 8.77. The molecule has 1 aliphatic carbocycles. The van der Waals surface area contributed by atoms with Crippen LogP contribution in [0.25, 0.3) is 0 Å². The van der Waals surface area contributed by atoms with Gasteiger partial charge in [-0.1, -0.05) is 18.9 Å².